The Hall–Kier alpha value is -1.94. The SMILES string of the molecule is CC(C)n1cnc2c(-c3ccccc3)nc(Cl)nc21. The highest BCUT2D eigenvalue weighted by Crippen LogP contribution is 2.27. The zero-order valence-electron chi connectivity index (χ0n) is 10.7. The van der Waals surface area contributed by atoms with Crippen LogP contribution in [0, 0.1) is 0 Å². The summed E-state index contributed by atoms with van der Waals surface area (Å²) in [7, 11) is 0. The molecular formula is C14H13ClN4. The van der Waals surface area contributed by atoms with Crippen LogP contribution in [0.15, 0.2) is 36.7 Å². The number of aromatic nitrogens is 4. The molecule has 1 aromatic carbocycles. The van der Waals surface area contributed by atoms with Crippen LogP contribution in [0.4, 0.5) is 0 Å². The van der Waals surface area contributed by atoms with Gasteiger partial charge in [0.05, 0.1) is 6.33 Å². The van der Waals surface area contributed by atoms with E-state index >= 15 is 0 Å². The number of fused-ring (bicyclic) bond motifs is 1. The van der Waals surface area contributed by atoms with Crippen molar-refractivity contribution in [2.24, 2.45) is 0 Å². The number of rotatable bonds is 2. The van der Waals surface area contributed by atoms with Crippen LogP contribution in [0.1, 0.15) is 19.9 Å². The molecule has 0 unspecified atom stereocenters. The van der Waals surface area contributed by atoms with Gasteiger partial charge in [-0.25, -0.2) is 9.97 Å². The predicted octanol–water partition coefficient (Wildman–Crippen LogP) is 3.73. The number of hydrogen-bond acceptors (Lipinski definition) is 3. The third-order valence-electron chi connectivity index (χ3n) is 3.00. The zero-order chi connectivity index (χ0) is 13.4. The maximum Gasteiger partial charge on any atom is 0.225 e. The number of nitrogens with zero attached hydrogens (tertiary/aromatic N) is 4. The van der Waals surface area contributed by atoms with Crippen LogP contribution in [0.25, 0.3) is 22.4 Å². The first kappa shape index (κ1) is 12.1. The second-order valence-electron chi connectivity index (χ2n) is 4.63. The van der Waals surface area contributed by atoms with Gasteiger partial charge in [-0.05, 0) is 25.4 Å². The Bertz CT molecular complexity index is 719. The summed E-state index contributed by atoms with van der Waals surface area (Å²) in [6.45, 7) is 4.17. The molecule has 3 aromatic rings. The molecule has 0 saturated carbocycles. The summed E-state index contributed by atoms with van der Waals surface area (Å²) in [5.41, 5.74) is 3.32. The molecule has 96 valence electrons. The molecule has 5 heteroatoms. The van der Waals surface area contributed by atoms with Crippen LogP contribution in [0.3, 0.4) is 0 Å². The van der Waals surface area contributed by atoms with Crippen LogP contribution < -0.4 is 0 Å². The van der Waals surface area contributed by atoms with E-state index in [4.69, 9.17) is 11.6 Å². The summed E-state index contributed by atoms with van der Waals surface area (Å²) >= 11 is 6.04. The lowest BCUT2D eigenvalue weighted by Gasteiger charge is -2.08. The molecule has 0 aliphatic rings. The predicted molar refractivity (Wildman–Crippen MR) is 76.2 cm³/mol. The van der Waals surface area contributed by atoms with Crippen molar-refractivity contribution in [3.8, 4) is 11.3 Å². The molecule has 0 aliphatic carbocycles. The fourth-order valence-corrected chi connectivity index (χ4v) is 2.23. The number of halogens is 1. The molecule has 0 atom stereocenters. The fraction of sp³-hybridized carbons (Fsp3) is 0.214. The second-order valence-corrected chi connectivity index (χ2v) is 4.96. The highest BCUT2D eigenvalue weighted by Gasteiger charge is 2.14. The molecule has 0 spiro atoms. The van der Waals surface area contributed by atoms with Crippen molar-refractivity contribution in [3.05, 3.63) is 41.9 Å². The summed E-state index contributed by atoms with van der Waals surface area (Å²) < 4.78 is 2.00. The second kappa shape index (κ2) is 4.63. The maximum absolute atomic E-state index is 6.04. The topological polar surface area (TPSA) is 43.6 Å². The van der Waals surface area contributed by atoms with E-state index in [9.17, 15) is 0 Å². The first-order valence-corrected chi connectivity index (χ1v) is 6.50. The number of imidazole rings is 1. The number of benzene rings is 1. The van der Waals surface area contributed by atoms with Crippen molar-refractivity contribution in [3.63, 3.8) is 0 Å². The zero-order valence-corrected chi connectivity index (χ0v) is 11.5. The van der Waals surface area contributed by atoms with E-state index in [1.807, 2.05) is 34.9 Å². The minimum atomic E-state index is 0.244. The van der Waals surface area contributed by atoms with Gasteiger partial charge in [-0.2, -0.15) is 4.98 Å². The normalized spacial score (nSPS) is 11.4. The van der Waals surface area contributed by atoms with E-state index in [0.717, 1.165) is 22.4 Å². The third-order valence-corrected chi connectivity index (χ3v) is 3.17. The third kappa shape index (κ3) is 2.08. The molecule has 0 saturated heterocycles. The van der Waals surface area contributed by atoms with Gasteiger partial charge in [-0.1, -0.05) is 30.3 Å². The van der Waals surface area contributed by atoms with Gasteiger partial charge in [-0.15, -0.1) is 0 Å². The molecule has 0 radical (unpaired) electrons. The molecule has 0 aliphatic heterocycles. The van der Waals surface area contributed by atoms with Gasteiger partial charge in [0, 0.05) is 11.6 Å². The molecule has 3 rings (SSSR count). The lowest BCUT2D eigenvalue weighted by atomic mass is 10.1. The quantitative estimate of drug-likeness (QED) is 0.668. The van der Waals surface area contributed by atoms with Crippen molar-refractivity contribution in [2.45, 2.75) is 19.9 Å². The first-order valence-electron chi connectivity index (χ1n) is 6.12. The summed E-state index contributed by atoms with van der Waals surface area (Å²) in [6, 6.07) is 10.2. The van der Waals surface area contributed by atoms with Crippen LogP contribution in [-0.4, -0.2) is 19.5 Å². The number of hydrogen-bond donors (Lipinski definition) is 0. The average molecular weight is 273 g/mol. The van der Waals surface area contributed by atoms with E-state index in [1.165, 1.54) is 0 Å². The Balaban J connectivity index is 2.31. The standard InChI is InChI=1S/C14H13ClN4/c1-9(2)19-8-16-12-11(10-6-4-3-5-7-10)17-14(15)18-13(12)19/h3-9H,1-2H3. The Kier molecular flexibility index (Phi) is 2.95. The maximum atomic E-state index is 6.04. The van der Waals surface area contributed by atoms with Crippen molar-refractivity contribution in [2.75, 3.05) is 0 Å². The van der Waals surface area contributed by atoms with Crippen molar-refractivity contribution in [1.82, 2.24) is 19.5 Å². The van der Waals surface area contributed by atoms with E-state index in [1.54, 1.807) is 6.33 Å². The van der Waals surface area contributed by atoms with Gasteiger partial charge >= 0.3 is 0 Å². The molecule has 4 nitrogen and oxygen atoms in total. The Morgan fingerprint density at radius 3 is 2.53 bits per heavy atom. The Morgan fingerprint density at radius 2 is 1.84 bits per heavy atom. The van der Waals surface area contributed by atoms with Crippen LogP contribution in [-0.2, 0) is 0 Å². The lowest BCUT2D eigenvalue weighted by molar-refractivity contribution is 0.612. The van der Waals surface area contributed by atoms with Gasteiger partial charge in [0.2, 0.25) is 5.28 Å². The minimum Gasteiger partial charge on any atom is -0.313 e. The van der Waals surface area contributed by atoms with Crippen molar-refractivity contribution < 1.29 is 0 Å². The molecule has 0 fully saturated rings. The van der Waals surface area contributed by atoms with Gasteiger partial charge in [0.25, 0.3) is 0 Å². The molecule has 0 amide bonds. The lowest BCUT2D eigenvalue weighted by Crippen LogP contribution is -2.01. The van der Waals surface area contributed by atoms with E-state index in [0.29, 0.717) is 0 Å². The van der Waals surface area contributed by atoms with Crippen LogP contribution >= 0.6 is 11.6 Å². The largest absolute Gasteiger partial charge is 0.313 e. The van der Waals surface area contributed by atoms with Gasteiger partial charge in [0.15, 0.2) is 5.65 Å². The van der Waals surface area contributed by atoms with Gasteiger partial charge in [-0.3, -0.25) is 0 Å². The van der Waals surface area contributed by atoms with Crippen molar-refractivity contribution in [1.29, 1.82) is 0 Å². The van der Waals surface area contributed by atoms with Crippen molar-refractivity contribution >= 4 is 22.8 Å². The highest BCUT2D eigenvalue weighted by molar-refractivity contribution is 6.28. The van der Waals surface area contributed by atoms with Crippen LogP contribution in [0.2, 0.25) is 5.28 Å². The summed E-state index contributed by atoms with van der Waals surface area (Å²) in [6.07, 6.45) is 1.78. The fourth-order valence-electron chi connectivity index (χ4n) is 2.07. The Morgan fingerprint density at radius 1 is 1.11 bits per heavy atom. The molecule has 0 bridgehead atoms. The Labute approximate surface area is 116 Å². The van der Waals surface area contributed by atoms with E-state index in [-0.39, 0.29) is 11.3 Å². The summed E-state index contributed by atoms with van der Waals surface area (Å²) in [4.78, 5) is 13.1. The smallest absolute Gasteiger partial charge is 0.225 e. The van der Waals surface area contributed by atoms with E-state index < -0.39 is 0 Å². The average Bonchev–Trinajstić information content (AvgIpc) is 2.82. The molecule has 0 N–H and O–H groups in total. The molecule has 19 heavy (non-hydrogen) atoms. The minimum absolute atomic E-state index is 0.244. The molecule has 2 aromatic heterocycles. The molecular weight excluding hydrogens is 260 g/mol. The van der Waals surface area contributed by atoms with E-state index in [2.05, 4.69) is 28.8 Å². The molecule has 2 heterocycles. The van der Waals surface area contributed by atoms with Gasteiger partial charge in [0.1, 0.15) is 11.2 Å². The van der Waals surface area contributed by atoms with Gasteiger partial charge < -0.3 is 4.57 Å². The monoisotopic (exact) mass is 272 g/mol. The summed E-state index contributed by atoms with van der Waals surface area (Å²) in [5, 5.41) is 0.244. The summed E-state index contributed by atoms with van der Waals surface area (Å²) in [5.74, 6) is 0. The first-order chi connectivity index (χ1) is 9.16. The highest BCUT2D eigenvalue weighted by atomic mass is 35.5. The van der Waals surface area contributed by atoms with Crippen LogP contribution in [0.5, 0.6) is 0 Å².